The Morgan fingerprint density at radius 2 is 2.00 bits per heavy atom. The van der Waals surface area contributed by atoms with E-state index in [-0.39, 0.29) is 34.6 Å². The van der Waals surface area contributed by atoms with E-state index in [9.17, 15) is 15.0 Å². The lowest BCUT2D eigenvalue weighted by molar-refractivity contribution is -0.198. The Kier molecular flexibility index (Phi) is 4.41. The summed E-state index contributed by atoms with van der Waals surface area (Å²) in [6, 6.07) is 0. The molecule has 142 valence electrons. The molecule has 2 saturated heterocycles. The van der Waals surface area contributed by atoms with Crippen LogP contribution in [0.1, 0.15) is 52.4 Å². The minimum atomic E-state index is -0.441. The van der Waals surface area contributed by atoms with E-state index in [0.29, 0.717) is 31.8 Å². The second kappa shape index (κ2) is 6.21. The summed E-state index contributed by atoms with van der Waals surface area (Å²) >= 11 is 0. The monoisotopic (exact) mass is 352 g/mol. The molecule has 1 spiro atoms. The van der Waals surface area contributed by atoms with Crippen molar-refractivity contribution in [2.24, 2.45) is 34.5 Å². The number of rotatable bonds is 3. The minimum absolute atomic E-state index is 0.0194. The third kappa shape index (κ3) is 2.57. The maximum absolute atomic E-state index is 12.3. The standard InChI is InChI=1S/C20H32O5/c1-12-16(22)9-20-11-25-18(23)14(20)3-4-15(21)17(20)19(12,2)7-5-13-6-8-24-10-13/h12-17,21-22H,3-11H2,1-2H3/t12-,13+,14-,15+,16-,17-,19+,20-/m1/s1. The lowest BCUT2D eigenvalue weighted by Gasteiger charge is -2.61. The molecule has 0 aromatic rings. The van der Waals surface area contributed by atoms with Gasteiger partial charge in [0, 0.05) is 24.5 Å². The highest BCUT2D eigenvalue weighted by molar-refractivity contribution is 5.76. The molecule has 2 aliphatic carbocycles. The predicted molar refractivity (Wildman–Crippen MR) is 91.7 cm³/mol. The molecule has 0 aromatic carbocycles. The summed E-state index contributed by atoms with van der Waals surface area (Å²) in [6.07, 6.45) is 4.20. The molecule has 2 heterocycles. The summed E-state index contributed by atoms with van der Waals surface area (Å²) in [5, 5.41) is 21.9. The largest absolute Gasteiger partial charge is 0.465 e. The predicted octanol–water partition coefficient (Wildman–Crippen LogP) is 2.14. The van der Waals surface area contributed by atoms with Gasteiger partial charge in [-0.05, 0) is 55.8 Å². The van der Waals surface area contributed by atoms with Crippen LogP contribution >= 0.6 is 0 Å². The number of ether oxygens (including phenoxy) is 2. The van der Waals surface area contributed by atoms with Crippen molar-refractivity contribution in [2.75, 3.05) is 19.8 Å². The fourth-order valence-electron chi connectivity index (χ4n) is 6.66. The molecule has 2 saturated carbocycles. The lowest BCUT2D eigenvalue weighted by atomic mass is 9.43. The number of hydrogen-bond donors (Lipinski definition) is 2. The third-order valence-corrected chi connectivity index (χ3v) is 8.25. The summed E-state index contributed by atoms with van der Waals surface area (Å²) in [5.74, 6) is 0.430. The van der Waals surface area contributed by atoms with Crippen molar-refractivity contribution in [2.45, 2.75) is 64.6 Å². The topological polar surface area (TPSA) is 76.0 Å². The van der Waals surface area contributed by atoms with E-state index < -0.39 is 12.2 Å². The van der Waals surface area contributed by atoms with Crippen LogP contribution in [-0.4, -0.2) is 48.2 Å². The van der Waals surface area contributed by atoms with Gasteiger partial charge in [-0.25, -0.2) is 0 Å². The van der Waals surface area contributed by atoms with Gasteiger partial charge in [0.15, 0.2) is 0 Å². The first-order valence-corrected chi connectivity index (χ1v) is 9.99. The minimum Gasteiger partial charge on any atom is -0.465 e. The van der Waals surface area contributed by atoms with E-state index in [2.05, 4.69) is 13.8 Å². The normalized spacial score (nSPS) is 52.6. The molecule has 5 nitrogen and oxygen atoms in total. The van der Waals surface area contributed by atoms with Crippen molar-refractivity contribution < 1.29 is 24.5 Å². The third-order valence-electron chi connectivity index (χ3n) is 8.25. The zero-order chi connectivity index (χ0) is 17.8. The van der Waals surface area contributed by atoms with Crippen LogP contribution in [0.3, 0.4) is 0 Å². The zero-order valence-electron chi connectivity index (χ0n) is 15.4. The van der Waals surface area contributed by atoms with Gasteiger partial charge in [0.1, 0.15) is 0 Å². The maximum atomic E-state index is 12.3. The highest BCUT2D eigenvalue weighted by Gasteiger charge is 2.67. The van der Waals surface area contributed by atoms with Crippen LogP contribution in [0.15, 0.2) is 0 Å². The Morgan fingerprint density at radius 3 is 2.72 bits per heavy atom. The van der Waals surface area contributed by atoms with Crippen LogP contribution in [-0.2, 0) is 14.3 Å². The first-order valence-electron chi connectivity index (χ1n) is 9.99. The number of cyclic esters (lactones) is 1. The molecule has 25 heavy (non-hydrogen) atoms. The van der Waals surface area contributed by atoms with Crippen LogP contribution in [0.2, 0.25) is 0 Å². The fourth-order valence-corrected chi connectivity index (χ4v) is 6.66. The number of aliphatic hydroxyl groups is 2. The van der Waals surface area contributed by atoms with Crippen molar-refractivity contribution in [1.29, 1.82) is 0 Å². The van der Waals surface area contributed by atoms with E-state index in [0.717, 1.165) is 32.5 Å². The van der Waals surface area contributed by atoms with Gasteiger partial charge >= 0.3 is 5.97 Å². The molecular weight excluding hydrogens is 320 g/mol. The average Bonchev–Trinajstić information content (AvgIpc) is 3.19. The Morgan fingerprint density at radius 1 is 1.20 bits per heavy atom. The summed E-state index contributed by atoms with van der Waals surface area (Å²) in [4.78, 5) is 12.3. The van der Waals surface area contributed by atoms with Gasteiger partial charge in [-0.15, -0.1) is 0 Å². The van der Waals surface area contributed by atoms with E-state index in [1.54, 1.807) is 0 Å². The highest BCUT2D eigenvalue weighted by atomic mass is 16.5. The summed E-state index contributed by atoms with van der Waals surface area (Å²) in [6.45, 7) is 6.40. The van der Waals surface area contributed by atoms with Gasteiger partial charge in [-0.1, -0.05) is 13.8 Å². The summed E-state index contributed by atoms with van der Waals surface area (Å²) in [5.41, 5.74) is -0.575. The van der Waals surface area contributed by atoms with Crippen molar-refractivity contribution >= 4 is 5.97 Å². The van der Waals surface area contributed by atoms with Crippen LogP contribution in [0.5, 0.6) is 0 Å². The van der Waals surface area contributed by atoms with Gasteiger partial charge in [-0.2, -0.15) is 0 Å². The Balaban J connectivity index is 1.66. The molecule has 0 amide bonds. The number of carbonyl (C=O) groups excluding carboxylic acids is 1. The van der Waals surface area contributed by atoms with Crippen molar-refractivity contribution in [3.8, 4) is 0 Å². The summed E-state index contributed by atoms with van der Waals surface area (Å²) < 4.78 is 11.0. The molecule has 0 aromatic heterocycles. The number of carbonyl (C=O) groups is 1. The second-order valence-corrected chi connectivity index (χ2v) is 9.35. The highest BCUT2D eigenvalue weighted by Crippen LogP contribution is 2.65. The molecule has 0 bridgehead atoms. The number of hydrogen-bond acceptors (Lipinski definition) is 5. The van der Waals surface area contributed by atoms with Gasteiger partial charge in [0.05, 0.1) is 24.7 Å². The number of aliphatic hydroxyl groups excluding tert-OH is 2. The Hall–Kier alpha value is -0.650. The van der Waals surface area contributed by atoms with E-state index in [1.807, 2.05) is 0 Å². The van der Waals surface area contributed by atoms with E-state index in [1.165, 1.54) is 0 Å². The fraction of sp³-hybridized carbons (Fsp3) is 0.950. The average molecular weight is 352 g/mol. The van der Waals surface area contributed by atoms with Crippen LogP contribution in [0.25, 0.3) is 0 Å². The van der Waals surface area contributed by atoms with Crippen LogP contribution < -0.4 is 0 Å². The molecule has 5 heteroatoms. The molecule has 4 aliphatic rings. The van der Waals surface area contributed by atoms with E-state index >= 15 is 0 Å². The van der Waals surface area contributed by atoms with Gasteiger partial charge in [0.25, 0.3) is 0 Å². The van der Waals surface area contributed by atoms with Gasteiger partial charge in [0.2, 0.25) is 0 Å². The SMILES string of the molecule is C[C@@H]1[C@H](O)C[C@@]23COC(=O)[C@H]2CC[C@H](O)[C@@H]3[C@@]1(C)CC[C@H]1CCOC1. The van der Waals surface area contributed by atoms with Crippen LogP contribution in [0.4, 0.5) is 0 Å². The van der Waals surface area contributed by atoms with Crippen molar-refractivity contribution in [3.63, 3.8) is 0 Å². The quantitative estimate of drug-likeness (QED) is 0.761. The lowest BCUT2D eigenvalue weighted by Crippen LogP contribution is -2.63. The molecule has 0 unspecified atom stereocenters. The van der Waals surface area contributed by atoms with Gasteiger partial charge in [-0.3, -0.25) is 4.79 Å². The van der Waals surface area contributed by atoms with Crippen molar-refractivity contribution in [3.05, 3.63) is 0 Å². The smallest absolute Gasteiger partial charge is 0.309 e. The van der Waals surface area contributed by atoms with E-state index in [4.69, 9.17) is 9.47 Å². The Labute approximate surface area is 150 Å². The molecule has 4 rings (SSSR count). The zero-order valence-corrected chi connectivity index (χ0v) is 15.4. The van der Waals surface area contributed by atoms with Gasteiger partial charge < -0.3 is 19.7 Å². The molecule has 8 atom stereocenters. The second-order valence-electron chi connectivity index (χ2n) is 9.35. The van der Waals surface area contributed by atoms with Crippen molar-refractivity contribution in [1.82, 2.24) is 0 Å². The molecule has 2 aliphatic heterocycles. The molecule has 0 radical (unpaired) electrons. The molecular formula is C20H32O5. The number of esters is 1. The molecule has 4 fully saturated rings. The maximum Gasteiger partial charge on any atom is 0.309 e. The first kappa shape index (κ1) is 17.7. The Bertz CT molecular complexity index is 530. The first-order chi connectivity index (χ1) is 11.9. The molecule has 2 N–H and O–H groups in total. The van der Waals surface area contributed by atoms with Crippen LogP contribution in [0, 0.1) is 34.5 Å². The summed E-state index contributed by atoms with van der Waals surface area (Å²) in [7, 11) is 0.